The van der Waals surface area contributed by atoms with Crippen molar-refractivity contribution in [3.05, 3.63) is 17.5 Å². The van der Waals surface area contributed by atoms with Crippen molar-refractivity contribution in [1.82, 2.24) is 20.0 Å². The molecule has 0 aromatic carbocycles. The number of hydrogen-bond donors (Lipinski definition) is 1. The first-order chi connectivity index (χ1) is 12.6. The highest BCUT2D eigenvalue weighted by Crippen LogP contribution is 2.35. The van der Waals surface area contributed by atoms with Crippen molar-refractivity contribution in [2.45, 2.75) is 62.9 Å². The lowest BCUT2D eigenvalue weighted by atomic mass is 9.85. The van der Waals surface area contributed by atoms with E-state index in [1.54, 1.807) is 18.1 Å². The molecule has 2 saturated heterocycles. The summed E-state index contributed by atoms with van der Waals surface area (Å²) < 4.78 is 5.65. The second-order valence-electron chi connectivity index (χ2n) is 8.09. The van der Waals surface area contributed by atoms with Gasteiger partial charge in [0.1, 0.15) is 5.60 Å². The molecule has 2 aliphatic heterocycles. The average molecular weight is 360 g/mol. The SMILES string of the molecule is CN1C[C@@]2(CCCN(C(=O)c3cn[nH]c3C3CCCCC3)CC2)OC1=O. The van der Waals surface area contributed by atoms with E-state index in [1.807, 2.05) is 4.90 Å². The minimum atomic E-state index is -0.427. The van der Waals surface area contributed by atoms with Gasteiger partial charge >= 0.3 is 6.09 Å². The fourth-order valence-electron chi connectivity index (χ4n) is 4.76. The Bertz CT molecular complexity index is 682. The van der Waals surface area contributed by atoms with Gasteiger partial charge in [0.2, 0.25) is 0 Å². The number of hydrogen-bond acceptors (Lipinski definition) is 4. The van der Waals surface area contributed by atoms with Crippen LogP contribution in [0.5, 0.6) is 0 Å². The summed E-state index contributed by atoms with van der Waals surface area (Å²) in [4.78, 5) is 28.5. The predicted molar refractivity (Wildman–Crippen MR) is 96.0 cm³/mol. The van der Waals surface area contributed by atoms with Crippen molar-refractivity contribution >= 4 is 12.0 Å². The van der Waals surface area contributed by atoms with Crippen molar-refractivity contribution in [3.63, 3.8) is 0 Å². The van der Waals surface area contributed by atoms with Crippen LogP contribution in [0.1, 0.15) is 73.3 Å². The van der Waals surface area contributed by atoms with Gasteiger partial charge in [0.05, 0.1) is 24.0 Å². The molecule has 1 aromatic heterocycles. The molecule has 1 atom stereocenters. The number of rotatable bonds is 2. The Morgan fingerprint density at radius 2 is 2.04 bits per heavy atom. The zero-order valence-electron chi connectivity index (χ0n) is 15.5. The van der Waals surface area contributed by atoms with Crippen LogP contribution in [0, 0.1) is 0 Å². The third-order valence-electron chi connectivity index (χ3n) is 6.24. The highest BCUT2D eigenvalue weighted by Gasteiger charge is 2.45. The second kappa shape index (κ2) is 6.93. The Kier molecular flexibility index (Phi) is 4.63. The van der Waals surface area contributed by atoms with E-state index in [0.717, 1.165) is 36.9 Å². The molecule has 1 aliphatic carbocycles. The standard InChI is InChI=1S/C19H28N4O3/c1-22-13-19(26-18(22)25)8-5-10-23(11-9-19)17(24)15-12-20-21-16(15)14-6-3-2-4-7-14/h12,14H,2-11,13H2,1H3,(H,20,21)/t19-/m0/s1. The molecule has 1 spiro atoms. The predicted octanol–water partition coefficient (Wildman–Crippen LogP) is 2.90. The molecule has 0 unspecified atom stereocenters. The first-order valence-corrected chi connectivity index (χ1v) is 9.85. The van der Waals surface area contributed by atoms with Crippen molar-refractivity contribution < 1.29 is 14.3 Å². The first kappa shape index (κ1) is 17.4. The third-order valence-corrected chi connectivity index (χ3v) is 6.24. The Morgan fingerprint density at radius 1 is 1.23 bits per heavy atom. The van der Waals surface area contributed by atoms with Crippen molar-refractivity contribution in [3.8, 4) is 0 Å². The highest BCUT2D eigenvalue weighted by molar-refractivity contribution is 5.95. The van der Waals surface area contributed by atoms with Crippen LogP contribution >= 0.6 is 0 Å². The molecule has 3 aliphatic rings. The first-order valence-electron chi connectivity index (χ1n) is 9.85. The van der Waals surface area contributed by atoms with Crippen LogP contribution in [0.4, 0.5) is 4.79 Å². The summed E-state index contributed by atoms with van der Waals surface area (Å²) in [6.07, 6.45) is 9.81. The van der Waals surface area contributed by atoms with Crippen LogP contribution in [-0.2, 0) is 4.74 Å². The smallest absolute Gasteiger partial charge is 0.410 e. The number of aromatic nitrogens is 2. The van der Waals surface area contributed by atoms with Crippen molar-refractivity contribution in [2.24, 2.45) is 0 Å². The van der Waals surface area contributed by atoms with E-state index in [4.69, 9.17) is 4.74 Å². The van der Waals surface area contributed by atoms with Gasteiger partial charge in [0.15, 0.2) is 0 Å². The zero-order chi connectivity index (χ0) is 18.1. The van der Waals surface area contributed by atoms with Gasteiger partial charge < -0.3 is 14.5 Å². The summed E-state index contributed by atoms with van der Waals surface area (Å²) in [5.74, 6) is 0.488. The van der Waals surface area contributed by atoms with Crippen molar-refractivity contribution in [1.29, 1.82) is 0 Å². The number of likely N-dealkylation sites (tertiary alicyclic amines) is 1. The van der Waals surface area contributed by atoms with Gasteiger partial charge in [0.25, 0.3) is 5.91 Å². The van der Waals surface area contributed by atoms with E-state index < -0.39 is 5.60 Å². The molecule has 1 N–H and O–H groups in total. The monoisotopic (exact) mass is 360 g/mol. The Balaban J connectivity index is 1.46. The van der Waals surface area contributed by atoms with Crippen LogP contribution in [0.2, 0.25) is 0 Å². The molecule has 3 heterocycles. The fraction of sp³-hybridized carbons (Fsp3) is 0.737. The molecule has 4 rings (SSSR count). The minimum Gasteiger partial charge on any atom is -0.441 e. The van der Waals surface area contributed by atoms with E-state index in [-0.39, 0.29) is 12.0 Å². The summed E-state index contributed by atoms with van der Waals surface area (Å²) in [7, 11) is 1.77. The molecule has 7 nitrogen and oxygen atoms in total. The number of aromatic amines is 1. The van der Waals surface area contributed by atoms with E-state index in [0.29, 0.717) is 32.0 Å². The second-order valence-corrected chi connectivity index (χ2v) is 8.09. The van der Waals surface area contributed by atoms with Gasteiger partial charge in [0, 0.05) is 32.5 Å². The third kappa shape index (κ3) is 3.19. The normalized spacial score (nSPS) is 27.7. The molecule has 3 fully saturated rings. The fourth-order valence-corrected chi connectivity index (χ4v) is 4.76. The van der Waals surface area contributed by atoms with E-state index in [9.17, 15) is 9.59 Å². The molecule has 1 saturated carbocycles. The van der Waals surface area contributed by atoms with E-state index in [1.165, 1.54) is 19.3 Å². The lowest BCUT2D eigenvalue weighted by Crippen LogP contribution is -2.37. The van der Waals surface area contributed by atoms with Gasteiger partial charge in [-0.3, -0.25) is 9.89 Å². The molecule has 2 amide bonds. The van der Waals surface area contributed by atoms with Crippen LogP contribution in [0.15, 0.2) is 6.20 Å². The number of amides is 2. The van der Waals surface area contributed by atoms with E-state index in [2.05, 4.69) is 10.2 Å². The molecule has 0 bridgehead atoms. The molecule has 1 aromatic rings. The van der Waals surface area contributed by atoms with Crippen LogP contribution in [0.3, 0.4) is 0 Å². The van der Waals surface area contributed by atoms with Crippen LogP contribution in [0.25, 0.3) is 0 Å². The Morgan fingerprint density at radius 3 is 2.77 bits per heavy atom. The van der Waals surface area contributed by atoms with Gasteiger partial charge in [-0.15, -0.1) is 0 Å². The zero-order valence-corrected chi connectivity index (χ0v) is 15.5. The molecule has 7 heteroatoms. The van der Waals surface area contributed by atoms with Gasteiger partial charge in [-0.1, -0.05) is 19.3 Å². The summed E-state index contributed by atoms with van der Waals surface area (Å²) in [5, 5.41) is 7.28. The number of likely N-dealkylation sites (N-methyl/N-ethyl adjacent to an activating group) is 1. The number of nitrogens with one attached hydrogen (secondary N) is 1. The summed E-state index contributed by atoms with van der Waals surface area (Å²) in [6, 6.07) is 0. The average Bonchev–Trinajstić information content (AvgIpc) is 3.17. The quantitative estimate of drug-likeness (QED) is 0.879. The van der Waals surface area contributed by atoms with Gasteiger partial charge in [-0.25, -0.2) is 4.79 Å². The Hall–Kier alpha value is -2.05. The molecule has 142 valence electrons. The number of carbonyl (C=O) groups excluding carboxylic acids is 2. The number of nitrogens with zero attached hydrogens (tertiary/aromatic N) is 3. The Labute approximate surface area is 154 Å². The molecular formula is C19H28N4O3. The summed E-state index contributed by atoms with van der Waals surface area (Å²) in [6.45, 7) is 1.94. The summed E-state index contributed by atoms with van der Waals surface area (Å²) >= 11 is 0. The summed E-state index contributed by atoms with van der Waals surface area (Å²) in [5.41, 5.74) is 1.32. The van der Waals surface area contributed by atoms with Crippen molar-refractivity contribution in [2.75, 3.05) is 26.7 Å². The van der Waals surface area contributed by atoms with Crippen LogP contribution < -0.4 is 0 Å². The molecule has 26 heavy (non-hydrogen) atoms. The van der Waals surface area contributed by atoms with Gasteiger partial charge in [-0.2, -0.15) is 5.10 Å². The lowest BCUT2D eigenvalue weighted by molar-refractivity contribution is 0.0438. The minimum absolute atomic E-state index is 0.0639. The van der Waals surface area contributed by atoms with Gasteiger partial charge in [-0.05, 0) is 25.7 Å². The maximum atomic E-state index is 13.2. The number of carbonyl (C=O) groups is 2. The molecule has 0 radical (unpaired) electrons. The highest BCUT2D eigenvalue weighted by atomic mass is 16.6. The van der Waals surface area contributed by atoms with Crippen LogP contribution in [-0.4, -0.2) is 64.3 Å². The van der Waals surface area contributed by atoms with E-state index >= 15 is 0 Å². The lowest BCUT2D eigenvalue weighted by Gasteiger charge is -2.26. The maximum Gasteiger partial charge on any atom is 0.410 e. The topological polar surface area (TPSA) is 78.5 Å². The largest absolute Gasteiger partial charge is 0.441 e. The maximum absolute atomic E-state index is 13.2. The molecular weight excluding hydrogens is 332 g/mol. The number of ether oxygens (including phenoxy) is 1. The number of H-pyrrole nitrogens is 1.